The Balaban J connectivity index is 1.89. The summed E-state index contributed by atoms with van der Waals surface area (Å²) in [6, 6.07) is 5.64. The van der Waals surface area contributed by atoms with Crippen molar-refractivity contribution >= 4 is 34.5 Å². The summed E-state index contributed by atoms with van der Waals surface area (Å²) in [6.45, 7) is 0.889. The molecule has 5 heteroatoms. The van der Waals surface area contributed by atoms with Crippen LogP contribution in [-0.2, 0) is 13.0 Å². The molecule has 1 aromatic heterocycles. The molecule has 0 radical (unpaired) electrons. The van der Waals surface area contributed by atoms with Crippen molar-refractivity contribution < 1.29 is 0 Å². The van der Waals surface area contributed by atoms with Crippen LogP contribution in [0.1, 0.15) is 39.9 Å². The first-order valence-electron chi connectivity index (χ1n) is 6.75. The smallest absolute Gasteiger partial charge is 0.0976 e. The van der Waals surface area contributed by atoms with Crippen molar-refractivity contribution in [2.24, 2.45) is 0 Å². The van der Waals surface area contributed by atoms with E-state index in [9.17, 15) is 0 Å². The van der Waals surface area contributed by atoms with Crippen molar-refractivity contribution in [3.8, 4) is 0 Å². The van der Waals surface area contributed by atoms with Crippen LogP contribution in [0.5, 0.6) is 0 Å². The Bertz CT molecular complexity index is 600. The number of nitrogens with zero attached hydrogens (tertiary/aromatic N) is 1. The van der Waals surface area contributed by atoms with Gasteiger partial charge in [-0.15, -0.1) is 11.3 Å². The second kappa shape index (κ2) is 6.02. The molecule has 0 bridgehead atoms. The van der Waals surface area contributed by atoms with E-state index in [4.69, 9.17) is 28.2 Å². The minimum Gasteiger partial charge on any atom is -0.315 e. The first kappa shape index (κ1) is 14.3. The molecule has 0 amide bonds. The first-order chi connectivity index (χ1) is 9.69. The van der Waals surface area contributed by atoms with Crippen LogP contribution in [0.25, 0.3) is 0 Å². The van der Waals surface area contributed by atoms with Gasteiger partial charge in [0.15, 0.2) is 0 Å². The van der Waals surface area contributed by atoms with Crippen molar-refractivity contribution in [1.82, 2.24) is 10.3 Å². The zero-order valence-corrected chi connectivity index (χ0v) is 13.6. The van der Waals surface area contributed by atoms with E-state index in [0.29, 0.717) is 12.3 Å². The maximum absolute atomic E-state index is 6.24. The van der Waals surface area contributed by atoms with E-state index in [-0.39, 0.29) is 0 Å². The summed E-state index contributed by atoms with van der Waals surface area (Å²) < 4.78 is 0. The summed E-state index contributed by atoms with van der Waals surface area (Å²) in [7, 11) is 1.97. The van der Waals surface area contributed by atoms with E-state index >= 15 is 0 Å². The number of halogens is 2. The van der Waals surface area contributed by atoms with Crippen LogP contribution >= 0.6 is 34.5 Å². The summed E-state index contributed by atoms with van der Waals surface area (Å²) in [6.07, 6.45) is 3.26. The SMILES string of the molecule is CNCc1sc(Cc2c(Cl)cccc2Cl)nc1C1CC1. The Morgan fingerprint density at radius 3 is 2.60 bits per heavy atom. The second-order valence-electron chi connectivity index (χ2n) is 5.10. The summed E-state index contributed by atoms with van der Waals surface area (Å²) >= 11 is 14.3. The Hall–Kier alpha value is -0.610. The summed E-state index contributed by atoms with van der Waals surface area (Å²) in [5.74, 6) is 0.671. The molecule has 1 fully saturated rings. The average molecular weight is 327 g/mol. The third kappa shape index (κ3) is 3.01. The Morgan fingerprint density at radius 1 is 1.30 bits per heavy atom. The molecule has 1 aliphatic rings. The van der Waals surface area contributed by atoms with Crippen LogP contribution in [0.15, 0.2) is 18.2 Å². The lowest BCUT2D eigenvalue weighted by Gasteiger charge is -2.04. The number of hydrogen-bond donors (Lipinski definition) is 1. The molecule has 1 aliphatic carbocycles. The quantitative estimate of drug-likeness (QED) is 0.865. The highest BCUT2D eigenvalue weighted by Crippen LogP contribution is 2.43. The number of thiazole rings is 1. The predicted octanol–water partition coefficient (Wildman–Crippen LogP) is 4.64. The van der Waals surface area contributed by atoms with Crippen LogP contribution < -0.4 is 5.32 Å². The molecule has 20 heavy (non-hydrogen) atoms. The van der Waals surface area contributed by atoms with Gasteiger partial charge in [-0.1, -0.05) is 29.3 Å². The maximum atomic E-state index is 6.24. The third-order valence-electron chi connectivity index (χ3n) is 3.46. The fourth-order valence-electron chi connectivity index (χ4n) is 2.30. The Labute approximate surface area is 133 Å². The van der Waals surface area contributed by atoms with Crippen molar-refractivity contribution in [2.75, 3.05) is 7.05 Å². The van der Waals surface area contributed by atoms with Crippen molar-refractivity contribution in [3.05, 3.63) is 49.4 Å². The van der Waals surface area contributed by atoms with E-state index < -0.39 is 0 Å². The highest BCUT2D eigenvalue weighted by Gasteiger charge is 2.29. The zero-order valence-electron chi connectivity index (χ0n) is 11.2. The summed E-state index contributed by atoms with van der Waals surface area (Å²) in [5, 5.41) is 5.77. The average Bonchev–Trinajstić information content (AvgIpc) is 3.18. The van der Waals surface area contributed by atoms with Gasteiger partial charge in [0.05, 0.1) is 10.7 Å². The van der Waals surface area contributed by atoms with Gasteiger partial charge in [-0.2, -0.15) is 0 Å². The molecule has 0 unspecified atom stereocenters. The molecule has 3 rings (SSSR count). The molecule has 2 aromatic rings. The highest BCUT2D eigenvalue weighted by molar-refractivity contribution is 7.11. The molecule has 0 saturated heterocycles. The van der Waals surface area contributed by atoms with E-state index in [1.165, 1.54) is 23.4 Å². The summed E-state index contributed by atoms with van der Waals surface area (Å²) in [4.78, 5) is 6.18. The topological polar surface area (TPSA) is 24.9 Å². The van der Waals surface area contributed by atoms with Gasteiger partial charge in [0.1, 0.15) is 0 Å². The van der Waals surface area contributed by atoms with E-state index in [0.717, 1.165) is 27.2 Å². The standard InChI is InChI=1S/C15H16Cl2N2S/c1-18-8-13-15(9-5-6-9)19-14(20-13)7-10-11(16)3-2-4-12(10)17/h2-4,9,18H,5-8H2,1H3. The third-order valence-corrected chi connectivity index (χ3v) is 5.24. The van der Waals surface area contributed by atoms with Gasteiger partial charge in [-0.25, -0.2) is 4.98 Å². The molecule has 1 N–H and O–H groups in total. The van der Waals surface area contributed by atoms with Crippen LogP contribution in [0.4, 0.5) is 0 Å². The lowest BCUT2D eigenvalue weighted by molar-refractivity contribution is 0.812. The fraction of sp³-hybridized carbons (Fsp3) is 0.400. The monoisotopic (exact) mass is 326 g/mol. The van der Waals surface area contributed by atoms with Crippen LogP contribution in [0.2, 0.25) is 10.0 Å². The van der Waals surface area contributed by atoms with Gasteiger partial charge >= 0.3 is 0 Å². The number of aromatic nitrogens is 1. The molecule has 0 spiro atoms. The van der Waals surface area contributed by atoms with Gasteiger partial charge in [0.2, 0.25) is 0 Å². The minimum absolute atomic E-state index is 0.671. The zero-order chi connectivity index (χ0) is 14.1. The number of nitrogens with one attached hydrogen (secondary N) is 1. The molecule has 2 nitrogen and oxygen atoms in total. The number of hydrogen-bond acceptors (Lipinski definition) is 3. The lowest BCUT2D eigenvalue weighted by Crippen LogP contribution is -2.05. The van der Waals surface area contributed by atoms with E-state index in [1.54, 1.807) is 11.3 Å². The van der Waals surface area contributed by atoms with E-state index in [2.05, 4.69) is 5.32 Å². The Kier molecular flexibility index (Phi) is 4.32. The highest BCUT2D eigenvalue weighted by atomic mass is 35.5. The van der Waals surface area contributed by atoms with Gasteiger partial charge < -0.3 is 5.32 Å². The molecule has 106 valence electrons. The molecule has 0 aliphatic heterocycles. The maximum Gasteiger partial charge on any atom is 0.0976 e. The van der Waals surface area contributed by atoms with Gasteiger partial charge in [0, 0.05) is 33.8 Å². The first-order valence-corrected chi connectivity index (χ1v) is 8.32. The molecule has 1 saturated carbocycles. The fourth-order valence-corrected chi connectivity index (χ4v) is 4.01. The van der Waals surface area contributed by atoms with Crippen LogP contribution in [0, 0.1) is 0 Å². The van der Waals surface area contributed by atoms with Gasteiger partial charge in [-0.3, -0.25) is 0 Å². The van der Waals surface area contributed by atoms with Gasteiger partial charge in [-0.05, 0) is 37.6 Å². The van der Waals surface area contributed by atoms with Crippen LogP contribution in [-0.4, -0.2) is 12.0 Å². The molecular formula is C15H16Cl2N2S. The predicted molar refractivity (Wildman–Crippen MR) is 86.1 cm³/mol. The summed E-state index contributed by atoms with van der Waals surface area (Å²) in [5.41, 5.74) is 2.26. The van der Waals surface area contributed by atoms with E-state index in [1.807, 2.05) is 25.2 Å². The normalized spacial score (nSPS) is 14.8. The minimum atomic E-state index is 0.671. The van der Waals surface area contributed by atoms with Crippen LogP contribution in [0.3, 0.4) is 0 Å². The largest absolute Gasteiger partial charge is 0.315 e. The Morgan fingerprint density at radius 2 is 2.00 bits per heavy atom. The molecule has 0 atom stereocenters. The molecule has 1 aromatic carbocycles. The second-order valence-corrected chi connectivity index (χ2v) is 7.08. The van der Waals surface area contributed by atoms with Crippen molar-refractivity contribution in [1.29, 1.82) is 0 Å². The van der Waals surface area contributed by atoms with Gasteiger partial charge in [0.25, 0.3) is 0 Å². The molecule has 1 heterocycles. The van der Waals surface area contributed by atoms with Crippen molar-refractivity contribution in [2.45, 2.75) is 31.7 Å². The lowest BCUT2D eigenvalue weighted by atomic mass is 10.1. The number of rotatable bonds is 5. The number of benzene rings is 1. The van der Waals surface area contributed by atoms with Crippen molar-refractivity contribution in [3.63, 3.8) is 0 Å². The molecular weight excluding hydrogens is 311 g/mol.